The van der Waals surface area contributed by atoms with Gasteiger partial charge in [-0.05, 0) is 83.6 Å². The largest absolute Gasteiger partial charge is 0.506 e. The van der Waals surface area contributed by atoms with Crippen molar-refractivity contribution in [3.05, 3.63) is 24.8 Å². The first-order valence-electron chi connectivity index (χ1n) is 7.96. The van der Waals surface area contributed by atoms with Crippen molar-refractivity contribution in [1.82, 2.24) is 10.6 Å². The van der Waals surface area contributed by atoms with Crippen molar-refractivity contribution in [2.75, 3.05) is 20.3 Å². The SMILES string of the molecule is COCCNC(=O)[C@H](Cc1cc(I)c(O)c(I)c1)NC(=O)OC(C)(C)C. The summed E-state index contributed by atoms with van der Waals surface area (Å²) < 4.78 is 11.5. The fourth-order valence-electron chi connectivity index (χ4n) is 2.03. The summed E-state index contributed by atoms with van der Waals surface area (Å²) in [5.41, 5.74) is 0.157. The predicted molar refractivity (Wildman–Crippen MR) is 115 cm³/mol. The molecule has 0 aliphatic rings. The second kappa shape index (κ2) is 10.5. The number of hydrogen-bond acceptors (Lipinski definition) is 5. The van der Waals surface area contributed by atoms with E-state index in [1.165, 1.54) is 0 Å². The van der Waals surface area contributed by atoms with Crippen LogP contribution in [0.1, 0.15) is 26.3 Å². The van der Waals surface area contributed by atoms with E-state index in [2.05, 4.69) is 10.6 Å². The Morgan fingerprint density at radius 3 is 2.31 bits per heavy atom. The van der Waals surface area contributed by atoms with Gasteiger partial charge in [-0.25, -0.2) is 4.79 Å². The topological polar surface area (TPSA) is 96.9 Å². The van der Waals surface area contributed by atoms with Crippen molar-refractivity contribution < 1.29 is 24.2 Å². The van der Waals surface area contributed by atoms with Gasteiger partial charge in [0.2, 0.25) is 5.91 Å². The molecule has 0 unspecified atom stereocenters. The van der Waals surface area contributed by atoms with Crippen LogP contribution in [0.2, 0.25) is 0 Å². The van der Waals surface area contributed by atoms with E-state index in [1.807, 2.05) is 45.2 Å². The quantitative estimate of drug-likeness (QED) is 0.336. The molecule has 0 aliphatic carbocycles. The maximum atomic E-state index is 12.5. The van der Waals surface area contributed by atoms with Gasteiger partial charge in [0.1, 0.15) is 17.4 Å². The average molecular weight is 590 g/mol. The van der Waals surface area contributed by atoms with Crippen LogP contribution in [0.5, 0.6) is 5.75 Å². The van der Waals surface area contributed by atoms with Crippen LogP contribution in [0, 0.1) is 7.14 Å². The Balaban J connectivity index is 2.92. The Bertz CT molecular complexity index is 624. The van der Waals surface area contributed by atoms with Gasteiger partial charge in [-0.2, -0.15) is 0 Å². The average Bonchev–Trinajstić information content (AvgIpc) is 2.50. The third-order valence-corrected chi connectivity index (χ3v) is 4.77. The van der Waals surface area contributed by atoms with Crippen LogP contribution in [0.15, 0.2) is 12.1 Å². The highest BCUT2D eigenvalue weighted by Crippen LogP contribution is 2.27. The molecule has 0 saturated carbocycles. The highest BCUT2D eigenvalue weighted by atomic mass is 127. The summed E-state index contributed by atoms with van der Waals surface area (Å²) in [5.74, 6) is -0.123. The van der Waals surface area contributed by atoms with E-state index < -0.39 is 17.7 Å². The van der Waals surface area contributed by atoms with E-state index in [0.717, 1.165) is 5.56 Å². The number of carbonyl (C=O) groups is 2. The second-order valence-corrected chi connectivity index (χ2v) is 8.92. The molecular weight excluding hydrogens is 566 g/mol. The summed E-state index contributed by atoms with van der Waals surface area (Å²) in [6, 6.07) is 2.76. The van der Waals surface area contributed by atoms with Gasteiger partial charge < -0.3 is 25.2 Å². The minimum Gasteiger partial charge on any atom is -0.506 e. The summed E-state index contributed by atoms with van der Waals surface area (Å²) in [7, 11) is 1.54. The molecule has 0 saturated heterocycles. The number of methoxy groups -OCH3 is 1. The standard InChI is InChI=1S/C17H24I2N2O5/c1-17(2,3)26-16(24)21-13(15(23)20-5-6-25-4)9-10-7-11(18)14(22)12(19)8-10/h7-8,13,22H,5-6,9H2,1-4H3,(H,20,23)(H,21,24)/t13-/m0/s1. The van der Waals surface area contributed by atoms with E-state index >= 15 is 0 Å². The fraction of sp³-hybridized carbons (Fsp3) is 0.529. The van der Waals surface area contributed by atoms with Crippen molar-refractivity contribution >= 4 is 57.2 Å². The molecule has 0 radical (unpaired) electrons. The van der Waals surface area contributed by atoms with Gasteiger partial charge in [0.05, 0.1) is 13.7 Å². The van der Waals surface area contributed by atoms with E-state index in [0.29, 0.717) is 20.3 Å². The van der Waals surface area contributed by atoms with Crippen LogP contribution >= 0.6 is 45.2 Å². The number of carbonyl (C=O) groups excluding carboxylic acids is 2. The summed E-state index contributed by atoms with van der Waals surface area (Å²) in [6.07, 6.45) is -0.391. The molecule has 1 atom stereocenters. The van der Waals surface area contributed by atoms with Crippen molar-refractivity contribution in [2.45, 2.75) is 38.8 Å². The molecule has 2 amide bonds. The molecule has 9 heteroatoms. The molecule has 0 aromatic heterocycles. The van der Waals surface area contributed by atoms with E-state index in [1.54, 1.807) is 40.0 Å². The van der Waals surface area contributed by atoms with Crippen LogP contribution in [0.4, 0.5) is 4.79 Å². The van der Waals surface area contributed by atoms with Crippen LogP contribution < -0.4 is 10.6 Å². The number of phenols is 1. The lowest BCUT2D eigenvalue weighted by molar-refractivity contribution is -0.123. The van der Waals surface area contributed by atoms with Crippen LogP contribution in [0.25, 0.3) is 0 Å². The Hall–Kier alpha value is -0.820. The Morgan fingerprint density at radius 1 is 1.23 bits per heavy atom. The molecular formula is C17H24I2N2O5. The van der Waals surface area contributed by atoms with Crippen LogP contribution in [0.3, 0.4) is 0 Å². The molecule has 0 fully saturated rings. The fourth-order valence-corrected chi connectivity index (χ4v) is 3.93. The van der Waals surface area contributed by atoms with E-state index in [4.69, 9.17) is 9.47 Å². The smallest absolute Gasteiger partial charge is 0.408 e. The maximum Gasteiger partial charge on any atom is 0.408 e. The lowest BCUT2D eigenvalue weighted by atomic mass is 10.1. The summed E-state index contributed by atoms with van der Waals surface area (Å²) in [5, 5.41) is 15.2. The number of nitrogens with one attached hydrogen (secondary N) is 2. The van der Waals surface area contributed by atoms with Gasteiger partial charge in [-0.15, -0.1) is 0 Å². The number of alkyl carbamates (subject to hydrolysis) is 1. The number of ether oxygens (including phenoxy) is 2. The number of phenolic OH excluding ortho intramolecular Hbond substituents is 1. The zero-order valence-electron chi connectivity index (χ0n) is 15.2. The number of aromatic hydroxyl groups is 1. The number of hydrogen-bond donors (Lipinski definition) is 3. The first kappa shape index (κ1) is 23.2. The predicted octanol–water partition coefficient (Wildman–Crippen LogP) is 2.80. The molecule has 1 aromatic rings. The third-order valence-electron chi connectivity index (χ3n) is 3.13. The third kappa shape index (κ3) is 8.25. The van der Waals surface area contributed by atoms with Gasteiger partial charge in [-0.3, -0.25) is 4.79 Å². The van der Waals surface area contributed by atoms with Crippen LogP contribution in [-0.2, 0) is 20.7 Å². The zero-order chi connectivity index (χ0) is 19.9. The second-order valence-electron chi connectivity index (χ2n) is 6.59. The molecule has 0 heterocycles. The summed E-state index contributed by atoms with van der Waals surface area (Å²) in [6.45, 7) is 5.98. The Labute approximate surface area is 180 Å². The minimum absolute atomic E-state index is 0.205. The number of amides is 2. The van der Waals surface area contributed by atoms with Crippen molar-refractivity contribution in [3.63, 3.8) is 0 Å². The van der Waals surface area contributed by atoms with Gasteiger partial charge in [0.25, 0.3) is 0 Å². The lowest BCUT2D eigenvalue weighted by Crippen LogP contribution is -2.49. The summed E-state index contributed by atoms with van der Waals surface area (Å²) in [4.78, 5) is 24.6. The minimum atomic E-state index is -0.808. The van der Waals surface area contributed by atoms with Gasteiger partial charge in [0, 0.05) is 20.1 Å². The van der Waals surface area contributed by atoms with E-state index in [-0.39, 0.29) is 18.1 Å². The van der Waals surface area contributed by atoms with Crippen molar-refractivity contribution in [2.24, 2.45) is 0 Å². The number of halogens is 2. The first-order valence-corrected chi connectivity index (χ1v) is 10.1. The first-order chi connectivity index (χ1) is 12.0. The van der Waals surface area contributed by atoms with Crippen LogP contribution in [-0.4, -0.2) is 49.0 Å². The number of benzene rings is 1. The summed E-state index contributed by atoms with van der Waals surface area (Å²) >= 11 is 4.05. The van der Waals surface area contributed by atoms with Crippen molar-refractivity contribution in [1.29, 1.82) is 0 Å². The molecule has 0 aliphatic heterocycles. The van der Waals surface area contributed by atoms with Crippen molar-refractivity contribution in [3.8, 4) is 5.75 Å². The highest BCUT2D eigenvalue weighted by molar-refractivity contribution is 14.1. The molecule has 0 bridgehead atoms. The van der Waals surface area contributed by atoms with Gasteiger partial charge >= 0.3 is 6.09 Å². The highest BCUT2D eigenvalue weighted by Gasteiger charge is 2.25. The molecule has 1 rings (SSSR count). The number of rotatable bonds is 7. The zero-order valence-corrected chi connectivity index (χ0v) is 19.5. The molecule has 26 heavy (non-hydrogen) atoms. The molecule has 7 nitrogen and oxygen atoms in total. The monoisotopic (exact) mass is 590 g/mol. The normalized spacial score (nSPS) is 12.4. The molecule has 1 aromatic carbocycles. The molecule has 3 N–H and O–H groups in total. The van der Waals surface area contributed by atoms with Gasteiger partial charge in [0.15, 0.2) is 0 Å². The molecule has 0 spiro atoms. The molecule has 146 valence electrons. The Morgan fingerprint density at radius 2 is 1.81 bits per heavy atom. The van der Waals surface area contributed by atoms with Gasteiger partial charge in [-0.1, -0.05) is 0 Å². The Kier molecular flexibility index (Phi) is 9.38. The lowest BCUT2D eigenvalue weighted by Gasteiger charge is -2.23. The maximum absolute atomic E-state index is 12.5. The van der Waals surface area contributed by atoms with E-state index in [9.17, 15) is 14.7 Å².